The van der Waals surface area contributed by atoms with Crippen LogP contribution < -0.4 is 5.32 Å². The molecule has 2 N–H and O–H groups in total. The van der Waals surface area contributed by atoms with E-state index in [4.69, 9.17) is 4.74 Å². The molecule has 3 nitrogen and oxygen atoms in total. The van der Waals surface area contributed by atoms with Crippen molar-refractivity contribution in [1.82, 2.24) is 5.32 Å². The molecule has 102 valence electrons. The van der Waals surface area contributed by atoms with Gasteiger partial charge in [0, 0.05) is 24.2 Å². The molecule has 1 rings (SSSR count). The summed E-state index contributed by atoms with van der Waals surface area (Å²) in [5.41, 5.74) is 0.917. The number of ether oxygens (including phenoxy) is 1. The van der Waals surface area contributed by atoms with Crippen LogP contribution in [0.2, 0.25) is 0 Å². The third kappa shape index (κ3) is 6.50. The Bertz CT molecular complexity index is 344. The molecule has 0 saturated carbocycles. The fraction of sp³-hybridized carbons (Fsp3) is 0.571. The highest BCUT2D eigenvalue weighted by Gasteiger charge is 2.06. The summed E-state index contributed by atoms with van der Waals surface area (Å²) < 4.78 is 6.44. The first-order chi connectivity index (χ1) is 8.59. The lowest BCUT2D eigenvalue weighted by Gasteiger charge is -2.13. The van der Waals surface area contributed by atoms with E-state index in [0.29, 0.717) is 19.1 Å². The first kappa shape index (κ1) is 15.6. The van der Waals surface area contributed by atoms with Crippen molar-refractivity contribution in [3.05, 3.63) is 34.3 Å². The Balaban J connectivity index is 2.15. The normalized spacial score (nSPS) is 12.9. The minimum Gasteiger partial charge on any atom is -0.387 e. The molecule has 0 amide bonds. The highest BCUT2D eigenvalue weighted by Crippen LogP contribution is 2.17. The van der Waals surface area contributed by atoms with Crippen LogP contribution in [0.3, 0.4) is 0 Å². The zero-order chi connectivity index (χ0) is 13.4. The Kier molecular flexibility index (Phi) is 7.51. The molecule has 0 aliphatic rings. The van der Waals surface area contributed by atoms with Crippen molar-refractivity contribution in [2.75, 3.05) is 26.3 Å². The lowest BCUT2D eigenvalue weighted by atomic mass is 10.1. The summed E-state index contributed by atoms with van der Waals surface area (Å²) in [6, 6.07) is 7.73. The second-order valence-corrected chi connectivity index (χ2v) is 5.66. The molecule has 1 aromatic carbocycles. The summed E-state index contributed by atoms with van der Waals surface area (Å²) in [5.74, 6) is 0.567. The second kappa shape index (κ2) is 8.64. The lowest BCUT2D eigenvalue weighted by Crippen LogP contribution is -2.25. The van der Waals surface area contributed by atoms with E-state index in [2.05, 4.69) is 35.1 Å². The highest BCUT2D eigenvalue weighted by molar-refractivity contribution is 9.10. The SMILES string of the molecule is CC(C)COCCNCC(O)c1cccc(Br)c1. The largest absolute Gasteiger partial charge is 0.387 e. The number of rotatable bonds is 8. The Morgan fingerprint density at radius 2 is 2.17 bits per heavy atom. The van der Waals surface area contributed by atoms with Gasteiger partial charge in [-0.1, -0.05) is 41.9 Å². The van der Waals surface area contributed by atoms with Crippen LogP contribution in [-0.2, 0) is 4.74 Å². The molecule has 4 heteroatoms. The van der Waals surface area contributed by atoms with Crippen molar-refractivity contribution in [3.8, 4) is 0 Å². The molecular weight excluding hydrogens is 294 g/mol. The molecule has 18 heavy (non-hydrogen) atoms. The molecule has 1 unspecified atom stereocenters. The first-order valence-corrected chi connectivity index (χ1v) is 7.11. The fourth-order valence-corrected chi connectivity index (χ4v) is 1.95. The van der Waals surface area contributed by atoms with Crippen LogP contribution in [-0.4, -0.2) is 31.4 Å². The molecule has 1 aromatic rings. The summed E-state index contributed by atoms with van der Waals surface area (Å²) in [6.45, 7) is 7.04. The van der Waals surface area contributed by atoms with Crippen molar-refractivity contribution in [1.29, 1.82) is 0 Å². The van der Waals surface area contributed by atoms with Gasteiger partial charge in [-0.15, -0.1) is 0 Å². The third-order valence-corrected chi connectivity index (χ3v) is 2.94. The molecule has 0 aliphatic carbocycles. The number of hydrogen-bond donors (Lipinski definition) is 2. The van der Waals surface area contributed by atoms with Crippen LogP contribution in [0.25, 0.3) is 0 Å². The standard InChI is InChI=1S/C14H22BrNO2/c1-11(2)10-18-7-6-16-9-14(17)12-4-3-5-13(15)8-12/h3-5,8,11,14,16-17H,6-7,9-10H2,1-2H3. The van der Waals surface area contributed by atoms with Gasteiger partial charge >= 0.3 is 0 Å². The summed E-state index contributed by atoms with van der Waals surface area (Å²) in [7, 11) is 0. The van der Waals surface area contributed by atoms with Crippen molar-refractivity contribution in [3.63, 3.8) is 0 Å². The average Bonchev–Trinajstić information content (AvgIpc) is 2.33. The van der Waals surface area contributed by atoms with Gasteiger partial charge in [-0.2, -0.15) is 0 Å². The lowest BCUT2D eigenvalue weighted by molar-refractivity contribution is 0.107. The molecule has 0 spiro atoms. The Hall–Kier alpha value is -0.420. The maximum atomic E-state index is 9.97. The average molecular weight is 316 g/mol. The van der Waals surface area contributed by atoms with E-state index in [9.17, 15) is 5.11 Å². The van der Waals surface area contributed by atoms with E-state index in [1.165, 1.54) is 0 Å². The van der Waals surface area contributed by atoms with Gasteiger partial charge in [-0.05, 0) is 23.6 Å². The topological polar surface area (TPSA) is 41.5 Å². The van der Waals surface area contributed by atoms with E-state index in [0.717, 1.165) is 23.2 Å². The predicted octanol–water partition coefficient (Wildman–Crippen LogP) is 2.74. The Labute approximate surface area is 118 Å². The number of aliphatic hydroxyl groups excluding tert-OH is 1. The van der Waals surface area contributed by atoms with Crippen LogP contribution >= 0.6 is 15.9 Å². The van der Waals surface area contributed by atoms with Crippen LogP contribution in [0.4, 0.5) is 0 Å². The van der Waals surface area contributed by atoms with Gasteiger partial charge in [-0.3, -0.25) is 0 Å². The fourth-order valence-electron chi connectivity index (χ4n) is 1.53. The number of aliphatic hydroxyl groups is 1. The molecule has 0 aromatic heterocycles. The molecular formula is C14H22BrNO2. The van der Waals surface area contributed by atoms with E-state index in [-0.39, 0.29) is 0 Å². The van der Waals surface area contributed by atoms with Gasteiger partial charge < -0.3 is 15.2 Å². The minimum absolute atomic E-state index is 0.479. The molecule has 0 fully saturated rings. The number of benzene rings is 1. The van der Waals surface area contributed by atoms with E-state index in [1.807, 2.05) is 24.3 Å². The molecule has 0 saturated heterocycles. The monoisotopic (exact) mass is 315 g/mol. The van der Waals surface area contributed by atoms with E-state index in [1.54, 1.807) is 0 Å². The summed E-state index contributed by atoms with van der Waals surface area (Å²) in [6.07, 6.45) is -0.479. The third-order valence-electron chi connectivity index (χ3n) is 2.45. The zero-order valence-corrected chi connectivity index (χ0v) is 12.6. The van der Waals surface area contributed by atoms with Crippen molar-refractivity contribution >= 4 is 15.9 Å². The molecule has 0 aliphatic heterocycles. The second-order valence-electron chi connectivity index (χ2n) is 4.74. The smallest absolute Gasteiger partial charge is 0.0914 e. The van der Waals surface area contributed by atoms with E-state index >= 15 is 0 Å². The summed E-state index contributed by atoms with van der Waals surface area (Å²) in [4.78, 5) is 0. The zero-order valence-electron chi connectivity index (χ0n) is 11.0. The molecule has 0 bridgehead atoms. The van der Waals surface area contributed by atoms with Gasteiger partial charge in [-0.25, -0.2) is 0 Å². The van der Waals surface area contributed by atoms with Crippen molar-refractivity contribution in [2.45, 2.75) is 20.0 Å². The maximum Gasteiger partial charge on any atom is 0.0914 e. The Morgan fingerprint density at radius 1 is 1.39 bits per heavy atom. The van der Waals surface area contributed by atoms with Gasteiger partial charge in [0.1, 0.15) is 0 Å². The molecule has 0 heterocycles. The molecule has 1 atom stereocenters. The van der Waals surface area contributed by atoms with Crippen LogP contribution in [0.1, 0.15) is 25.5 Å². The van der Waals surface area contributed by atoms with Gasteiger partial charge in [0.25, 0.3) is 0 Å². The van der Waals surface area contributed by atoms with Gasteiger partial charge in [0.15, 0.2) is 0 Å². The maximum absolute atomic E-state index is 9.97. The summed E-state index contributed by atoms with van der Waals surface area (Å²) >= 11 is 3.39. The number of halogens is 1. The molecule has 0 radical (unpaired) electrons. The number of nitrogens with one attached hydrogen (secondary N) is 1. The van der Waals surface area contributed by atoms with Crippen LogP contribution in [0.15, 0.2) is 28.7 Å². The quantitative estimate of drug-likeness (QED) is 0.725. The highest BCUT2D eigenvalue weighted by atomic mass is 79.9. The van der Waals surface area contributed by atoms with Crippen molar-refractivity contribution < 1.29 is 9.84 Å². The number of hydrogen-bond acceptors (Lipinski definition) is 3. The van der Waals surface area contributed by atoms with E-state index < -0.39 is 6.10 Å². The first-order valence-electron chi connectivity index (χ1n) is 6.31. The van der Waals surface area contributed by atoms with Crippen LogP contribution in [0.5, 0.6) is 0 Å². The minimum atomic E-state index is -0.479. The van der Waals surface area contributed by atoms with Gasteiger partial charge in [0.2, 0.25) is 0 Å². The summed E-state index contributed by atoms with van der Waals surface area (Å²) in [5, 5.41) is 13.2. The van der Waals surface area contributed by atoms with Crippen LogP contribution in [0, 0.1) is 5.92 Å². The van der Waals surface area contributed by atoms with Gasteiger partial charge in [0.05, 0.1) is 12.7 Å². The Morgan fingerprint density at radius 3 is 2.83 bits per heavy atom. The predicted molar refractivity (Wildman–Crippen MR) is 77.6 cm³/mol. The van der Waals surface area contributed by atoms with Crippen molar-refractivity contribution in [2.24, 2.45) is 5.92 Å².